The van der Waals surface area contributed by atoms with Crippen LogP contribution in [-0.4, -0.2) is 19.9 Å². The lowest BCUT2D eigenvalue weighted by Crippen LogP contribution is -2.00. The summed E-state index contributed by atoms with van der Waals surface area (Å²) in [4.78, 5) is 20.2. The van der Waals surface area contributed by atoms with E-state index in [1.54, 1.807) is 0 Å². The van der Waals surface area contributed by atoms with Crippen LogP contribution in [0.15, 0.2) is 205 Å². The van der Waals surface area contributed by atoms with Crippen molar-refractivity contribution >= 4 is 54.4 Å². The zero-order valence-corrected chi connectivity index (χ0v) is 33.7. The van der Waals surface area contributed by atoms with Gasteiger partial charge in [0, 0.05) is 44.6 Å². The van der Waals surface area contributed by atoms with Crippen LogP contribution in [0, 0.1) is 11.3 Å². The minimum absolute atomic E-state index is 0.565. The van der Waals surface area contributed by atoms with Crippen molar-refractivity contribution in [1.82, 2.24) is 19.9 Å². The highest BCUT2D eigenvalue weighted by Crippen LogP contribution is 2.42. The molecule has 12 rings (SSSR count). The molecule has 12 aromatic rings. The fourth-order valence-corrected chi connectivity index (χ4v) is 8.91. The molecule has 0 aliphatic heterocycles. The van der Waals surface area contributed by atoms with Gasteiger partial charge < -0.3 is 4.42 Å². The summed E-state index contributed by atoms with van der Waals surface area (Å²) in [7, 11) is 0. The highest BCUT2D eigenvalue weighted by Gasteiger charge is 2.18. The van der Waals surface area contributed by atoms with Gasteiger partial charge in [0.25, 0.3) is 0 Å². The lowest BCUT2D eigenvalue weighted by atomic mass is 9.88. The molecule has 0 spiro atoms. The fourth-order valence-electron chi connectivity index (χ4n) is 8.91. The Hall–Kier alpha value is -8.79. The quantitative estimate of drug-likeness (QED) is 0.156. The minimum Gasteiger partial charge on any atom is -0.456 e. The molecule has 0 amide bonds. The van der Waals surface area contributed by atoms with E-state index in [0.29, 0.717) is 23.0 Å². The molecule has 0 saturated carbocycles. The predicted octanol–water partition coefficient (Wildman–Crippen LogP) is 14.5. The number of aromatic nitrogens is 4. The maximum absolute atomic E-state index is 9.28. The number of para-hydroxylation sites is 1. The average Bonchev–Trinajstić information content (AvgIpc) is 3.74. The summed E-state index contributed by atoms with van der Waals surface area (Å²) in [5.74, 6) is 1.73. The third-order valence-corrected chi connectivity index (χ3v) is 12.0. The molecular weight excluding hydrogens is 771 g/mol. The number of pyridine rings is 1. The van der Waals surface area contributed by atoms with Gasteiger partial charge in [0.1, 0.15) is 11.2 Å². The van der Waals surface area contributed by atoms with E-state index in [4.69, 9.17) is 24.4 Å². The second-order valence-corrected chi connectivity index (χ2v) is 15.7. The molecular formula is C57H33N5O. The smallest absolute Gasteiger partial charge is 0.164 e. The highest BCUT2D eigenvalue weighted by atomic mass is 16.3. The first-order valence-corrected chi connectivity index (χ1v) is 20.8. The molecule has 3 heterocycles. The second kappa shape index (κ2) is 14.7. The Labute approximate surface area is 362 Å². The number of nitrogens with zero attached hydrogens (tertiary/aromatic N) is 5. The molecule has 0 aliphatic rings. The average molecular weight is 804 g/mol. The van der Waals surface area contributed by atoms with Crippen LogP contribution in [0.2, 0.25) is 0 Å². The number of rotatable bonds is 6. The molecule has 0 aliphatic carbocycles. The van der Waals surface area contributed by atoms with Crippen LogP contribution in [0.1, 0.15) is 5.56 Å². The molecule has 0 N–H and O–H groups in total. The van der Waals surface area contributed by atoms with E-state index in [9.17, 15) is 5.26 Å². The number of hydrogen-bond donors (Lipinski definition) is 0. The summed E-state index contributed by atoms with van der Waals surface area (Å²) >= 11 is 0. The monoisotopic (exact) mass is 803 g/mol. The van der Waals surface area contributed by atoms with Crippen molar-refractivity contribution in [2.24, 2.45) is 0 Å². The van der Waals surface area contributed by atoms with Gasteiger partial charge in [-0.15, -0.1) is 0 Å². The zero-order chi connectivity index (χ0) is 41.9. The minimum atomic E-state index is 0.565. The van der Waals surface area contributed by atoms with Gasteiger partial charge >= 0.3 is 0 Å². The molecule has 9 aromatic carbocycles. The van der Waals surface area contributed by atoms with E-state index >= 15 is 0 Å². The number of nitriles is 1. The lowest BCUT2D eigenvalue weighted by Gasteiger charge is -2.16. The molecule has 3 aromatic heterocycles. The highest BCUT2D eigenvalue weighted by molar-refractivity contribution is 6.23. The first-order valence-electron chi connectivity index (χ1n) is 20.8. The van der Waals surface area contributed by atoms with E-state index in [1.165, 1.54) is 10.8 Å². The van der Waals surface area contributed by atoms with Crippen molar-refractivity contribution in [1.29, 1.82) is 5.26 Å². The zero-order valence-electron chi connectivity index (χ0n) is 33.7. The Morgan fingerprint density at radius 3 is 1.68 bits per heavy atom. The lowest BCUT2D eigenvalue weighted by molar-refractivity contribution is 0.669. The third-order valence-electron chi connectivity index (χ3n) is 12.0. The molecule has 0 bridgehead atoms. The van der Waals surface area contributed by atoms with Gasteiger partial charge in [-0.05, 0) is 104 Å². The van der Waals surface area contributed by atoms with Crippen LogP contribution >= 0.6 is 0 Å². The molecule has 0 atom stereocenters. The summed E-state index contributed by atoms with van der Waals surface area (Å²) in [6, 6.07) is 68.8. The van der Waals surface area contributed by atoms with Crippen LogP contribution in [0.3, 0.4) is 0 Å². The van der Waals surface area contributed by atoms with Crippen LogP contribution in [-0.2, 0) is 0 Å². The molecule has 0 unspecified atom stereocenters. The van der Waals surface area contributed by atoms with Crippen LogP contribution in [0.5, 0.6) is 0 Å². The van der Waals surface area contributed by atoms with E-state index in [0.717, 1.165) is 93.7 Å². The topological polar surface area (TPSA) is 88.5 Å². The number of benzene rings is 9. The Balaban J connectivity index is 0.993. The summed E-state index contributed by atoms with van der Waals surface area (Å²) in [5, 5.41) is 17.1. The summed E-state index contributed by atoms with van der Waals surface area (Å²) in [5.41, 5.74) is 12.3. The largest absolute Gasteiger partial charge is 0.456 e. The van der Waals surface area contributed by atoms with Crippen molar-refractivity contribution in [2.45, 2.75) is 0 Å². The molecule has 292 valence electrons. The molecule has 0 radical (unpaired) electrons. The standard InChI is InChI=1S/C57H33N5O/c58-34-35-19-21-36(22-20-35)37-23-25-38(26-24-37)48-32-51-47-17-9-29-59-54(47)49(33-50(51)44-15-5-4-14-43(44)48)40-12-8-13-41(30-40)56-60-55(39-10-2-1-3-11-39)61-57(62-56)42-27-28-46-45-16-6-7-18-52(45)63-53(46)31-42/h1-33H. The van der Waals surface area contributed by atoms with Crippen LogP contribution < -0.4 is 0 Å². The van der Waals surface area contributed by atoms with Crippen molar-refractivity contribution in [3.63, 3.8) is 0 Å². The van der Waals surface area contributed by atoms with Gasteiger partial charge in [-0.1, -0.05) is 140 Å². The fraction of sp³-hybridized carbons (Fsp3) is 0. The SMILES string of the molecule is N#Cc1ccc(-c2ccc(-c3cc4c5cccnc5c(-c5cccc(-c6nc(-c7ccccc7)nc(-c7ccc8c(c7)oc7ccccc78)n6)c5)cc4c4ccccc34)cc2)cc1. The first-order chi connectivity index (χ1) is 31.1. The Bertz CT molecular complexity index is 3790. The Kier molecular flexibility index (Phi) is 8.44. The first kappa shape index (κ1) is 36.1. The molecule has 63 heavy (non-hydrogen) atoms. The van der Waals surface area contributed by atoms with E-state index in [-0.39, 0.29) is 0 Å². The van der Waals surface area contributed by atoms with Gasteiger partial charge in [0.15, 0.2) is 17.5 Å². The predicted molar refractivity (Wildman–Crippen MR) is 255 cm³/mol. The van der Waals surface area contributed by atoms with Gasteiger partial charge in [-0.3, -0.25) is 4.98 Å². The van der Waals surface area contributed by atoms with Gasteiger partial charge in [-0.2, -0.15) is 5.26 Å². The molecule has 0 fully saturated rings. The van der Waals surface area contributed by atoms with Gasteiger partial charge in [0.2, 0.25) is 0 Å². The van der Waals surface area contributed by atoms with Crippen LogP contribution in [0.25, 0.3) is 122 Å². The van der Waals surface area contributed by atoms with Crippen molar-refractivity contribution in [3.8, 4) is 73.6 Å². The number of hydrogen-bond acceptors (Lipinski definition) is 6. The van der Waals surface area contributed by atoms with Crippen LogP contribution in [0.4, 0.5) is 0 Å². The maximum Gasteiger partial charge on any atom is 0.164 e. The van der Waals surface area contributed by atoms with Gasteiger partial charge in [-0.25, -0.2) is 15.0 Å². The van der Waals surface area contributed by atoms with Crippen molar-refractivity contribution in [2.75, 3.05) is 0 Å². The maximum atomic E-state index is 9.28. The summed E-state index contributed by atoms with van der Waals surface area (Å²) < 4.78 is 6.27. The normalized spacial score (nSPS) is 11.5. The summed E-state index contributed by atoms with van der Waals surface area (Å²) in [6.07, 6.45) is 1.87. The molecule has 0 saturated heterocycles. The number of furan rings is 1. The van der Waals surface area contributed by atoms with E-state index < -0.39 is 0 Å². The Morgan fingerprint density at radius 1 is 0.349 bits per heavy atom. The molecule has 6 heteroatoms. The number of fused-ring (bicyclic) bond motifs is 8. The van der Waals surface area contributed by atoms with E-state index in [1.807, 2.05) is 91.1 Å². The third kappa shape index (κ3) is 6.27. The van der Waals surface area contributed by atoms with Crippen molar-refractivity contribution in [3.05, 3.63) is 206 Å². The van der Waals surface area contributed by atoms with E-state index in [2.05, 4.69) is 115 Å². The summed E-state index contributed by atoms with van der Waals surface area (Å²) in [6.45, 7) is 0. The molecule has 6 nitrogen and oxygen atoms in total. The Morgan fingerprint density at radius 2 is 0.905 bits per heavy atom. The second-order valence-electron chi connectivity index (χ2n) is 15.7. The van der Waals surface area contributed by atoms with Gasteiger partial charge in [0.05, 0.1) is 17.1 Å². The van der Waals surface area contributed by atoms with Crippen molar-refractivity contribution < 1.29 is 4.42 Å².